The van der Waals surface area contributed by atoms with E-state index in [1.165, 1.54) is 19.3 Å². The lowest BCUT2D eigenvalue weighted by Crippen LogP contribution is -2.27. The first-order chi connectivity index (χ1) is 5.88. The molecule has 0 unspecified atom stereocenters. The second-order valence-electron chi connectivity index (χ2n) is 3.33. The Kier molecular flexibility index (Phi) is 2.02. The molecular formula is C9H15N3. The van der Waals surface area contributed by atoms with Crippen LogP contribution in [0.5, 0.6) is 0 Å². The Bertz CT molecular complexity index is 250. The highest BCUT2D eigenvalue weighted by atomic mass is 15.3. The van der Waals surface area contributed by atoms with Gasteiger partial charge in [0.05, 0.1) is 0 Å². The van der Waals surface area contributed by atoms with E-state index in [1.54, 1.807) is 0 Å². The summed E-state index contributed by atoms with van der Waals surface area (Å²) in [4.78, 5) is 0. The van der Waals surface area contributed by atoms with Crippen LogP contribution in [0.25, 0.3) is 0 Å². The Labute approximate surface area is 72.8 Å². The Balaban J connectivity index is 1.93. The molecule has 12 heavy (non-hydrogen) atoms. The molecule has 3 nitrogen and oxygen atoms in total. The highest BCUT2D eigenvalue weighted by Gasteiger charge is 2.17. The number of aryl methyl sites for hydroxylation is 1. The molecule has 2 rings (SSSR count). The molecule has 0 amide bonds. The van der Waals surface area contributed by atoms with E-state index in [1.807, 2.05) is 16.9 Å². The number of aromatic nitrogens is 2. The van der Waals surface area contributed by atoms with E-state index in [0.717, 1.165) is 12.4 Å². The lowest BCUT2D eigenvalue weighted by Gasteiger charge is -2.26. The van der Waals surface area contributed by atoms with E-state index in [2.05, 4.69) is 17.3 Å². The summed E-state index contributed by atoms with van der Waals surface area (Å²) in [5, 5.41) is 7.76. The molecule has 0 bridgehead atoms. The van der Waals surface area contributed by atoms with E-state index in [9.17, 15) is 0 Å². The molecule has 1 heterocycles. The summed E-state index contributed by atoms with van der Waals surface area (Å²) in [6.45, 7) is 3.05. The molecule has 1 fully saturated rings. The SMILES string of the molecule is CCn1ccc(NC2CCC2)n1. The van der Waals surface area contributed by atoms with E-state index >= 15 is 0 Å². The van der Waals surface area contributed by atoms with Crippen molar-refractivity contribution in [1.29, 1.82) is 0 Å². The summed E-state index contributed by atoms with van der Waals surface area (Å²) in [5.41, 5.74) is 0. The van der Waals surface area contributed by atoms with Crippen molar-refractivity contribution in [2.45, 2.75) is 38.8 Å². The van der Waals surface area contributed by atoms with Gasteiger partial charge in [0, 0.05) is 24.8 Å². The third-order valence-electron chi connectivity index (χ3n) is 2.42. The van der Waals surface area contributed by atoms with Crippen molar-refractivity contribution in [2.24, 2.45) is 0 Å². The van der Waals surface area contributed by atoms with E-state index in [-0.39, 0.29) is 0 Å². The van der Waals surface area contributed by atoms with Gasteiger partial charge in [-0.15, -0.1) is 0 Å². The molecule has 0 atom stereocenters. The molecule has 1 aliphatic carbocycles. The third-order valence-corrected chi connectivity index (χ3v) is 2.42. The fourth-order valence-corrected chi connectivity index (χ4v) is 1.38. The van der Waals surface area contributed by atoms with Crippen molar-refractivity contribution < 1.29 is 0 Å². The zero-order valence-electron chi connectivity index (χ0n) is 7.45. The van der Waals surface area contributed by atoms with Crippen LogP contribution in [-0.2, 0) is 6.54 Å². The molecule has 0 spiro atoms. The Morgan fingerprint density at radius 3 is 3.00 bits per heavy atom. The second kappa shape index (κ2) is 3.17. The Hall–Kier alpha value is -0.990. The summed E-state index contributed by atoms with van der Waals surface area (Å²) >= 11 is 0. The molecule has 1 aromatic heterocycles. The summed E-state index contributed by atoms with van der Waals surface area (Å²) in [6.07, 6.45) is 5.99. The van der Waals surface area contributed by atoms with Gasteiger partial charge < -0.3 is 5.32 Å². The number of nitrogens with zero attached hydrogens (tertiary/aromatic N) is 2. The van der Waals surface area contributed by atoms with Gasteiger partial charge in [0.25, 0.3) is 0 Å². The zero-order chi connectivity index (χ0) is 8.39. The quantitative estimate of drug-likeness (QED) is 0.741. The first-order valence-electron chi connectivity index (χ1n) is 4.68. The third kappa shape index (κ3) is 1.44. The highest BCUT2D eigenvalue weighted by molar-refractivity contribution is 5.34. The van der Waals surface area contributed by atoms with Crippen LogP contribution in [0.3, 0.4) is 0 Å². The Morgan fingerprint density at radius 1 is 1.67 bits per heavy atom. The van der Waals surface area contributed by atoms with Gasteiger partial charge in [-0.05, 0) is 26.2 Å². The normalized spacial score (nSPS) is 17.4. The van der Waals surface area contributed by atoms with Gasteiger partial charge in [0.1, 0.15) is 5.82 Å². The van der Waals surface area contributed by atoms with Crippen LogP contribution in [0.15, 0.2) is 12.3 Å². The van der Waals surface area contributed by atoms with Crippen LogP contribution in [-0.4, -0.2) is 15.8 Å². The van der Waals surface area contributed by atoms with Crippen LogP contribution in [0.4, 0.5) is 5.82 Å². The van der Waals surface area contributed by atoms with Gasteiger partial charge >= 0.3 is 0 Å². The van der Waals surface area contributed by atoms with Gasteiger partial charge in [-0.2, -0.15) is 5.10 Å². The first-order valence-corrected chi connectivity index (χ1v) is 4.68. The van der Waals surface area contributed by atoms with Crippen molar-refractivity contribution >= 4 is 5.82 Å². The molecule has 1 N–H and O–H groups in total. The number of hydrogen-bond acceptors (Lipinski definition) is 2. The molecule has 3 heteroatoms. The number of hydrogen-bond donors (Lipinski definition) is 1. The predicted octanol–water partition coefficient (Wildman–Crippen LogP) is 1.87. The minimum Gasteiger partial charge on any atom is -0.366 e. The smallest absolute Gasteiger partial charge is 0.148 e. The van der Waals surface area contributed by atoms with Crippen molar-refractivity contribution in [3.8, 4) is 0 Å². The molecule has 0 aliphatic heterocycles. The van der Waals surface area contributed by atoms with Gasteiger partial charge in [-0.25, -0.2) is 0 Å². The fraction of sp³-hybridized carbons (Fsp3) is 0.667. The van der Waals surface area contributed by atoms with Crippen LogP contribution >= 0.6 is 0 Å². The molecule has 0 saturated heterocycles. The molecule has 1 aromatic rings. The standard InChI is InChI=1S/C9H15N3/c1-2-12-7-6-9(11-12)10-8-4-3-5-8/h6-8H,2-5H2,1H3,(H,10,11). The molecule has 1 aliphatic rings. The van der Waals surface area contributed by atoms with Crippen LogP contribution in [0, 0.1) is 0 Å². The van der Waals surface area contributed by atoms with Crippen molar-refractivity contribution in [1.82, 2.24) is 9.78 Å². The minimum absolute atomic E-state index is 0.685. The lowest BCUT2D eigenvalue weighted by molar-refractivity contribution is 0.443. The maximum absolute atomic E-state index is 4.36. The molecule has 0 radical (unpaired) electrons. The topological polar surface area (TPSA) is 29.9 Å². The largest absolute Gasteiger partial charge is 0.366 e. The van der Waals surface area contributed by atoms with Gasteiger partial charge in [-0.1, -0.05) is 0 Å². The minimum atomic E-state index is 0.685. The van der Waals surface area contributed by atoms with E-state index in [4.69, 9.17) is 0 Å². The van der Waals surface area contributed by atoms with Gasteiger partial charge in [0.2, 0.25) is 0 Å². The van der Waals surface area contributed by atoms with Gasteiger partial charge in [0.15, 0.2) is 0 Å². The fourth-order valence-electron chi connectivity index (χ4n) is 1.38. The number of anilines is 1. The molecule has 66 valence electrons. The first kappa shape index (κ1) is 7.65. The van der Waals surface area contributed by atoms with Crippen molar-refractivity contribution in [2.75, 3.05) is 5.32 Å². The number of nitrogens with one attached hydrogen (secondary N) is 1. The highest BCUT2D eigenvalue weighted by Crippen LogP contribution is 2.21. The van der Waals surface area contributed by atoms with Crippen molar-refractivity contribution in [3.63, 3.8) is 0 Å². The summed E-state index contributed by atoms with van der Waals surface area (Å²) in [7, 11) is 0. The predicted molar refractivity (Wildman–Crippen MR) is 49.2 cm³/mol. The number of rotatable bonds is 3. The summed E-state index contributed by atoms with van der Waals surface area (Å²) in [6, 6.07) is 2.73. The molecular weight excluding hydrogens is 150 g/mol. The maximum Gasteiger partial charge on any atom is 0.148 e. The van der Waals surface area contributed by atoms with Crippen LogP contribution in [0.1, 0.15) is 26.2 Å². The van der Waals surface area contributed by atoms with E-state index in [0.29, 0.717) is 6.04 Å². The molecule has 1 saturated carbocycles. The van der Waals surface area contributed by atoms with Crippen LogP contribution < -0.4 is 5.32 Å². The summed E-state index contributed by atoms with van der Waals surface area (Å²) < 4.78 is 1.95. The Morgan fingerprint density at radius 2 is 2.50 bits per heavy atom. The average Bonchev–Trinajstić information content (AvgIpc) is 2.44. The average molecular weight is 165 g/mol. The summed E-state index contributed by atoms with van der Waals surface area (Å²) in [5.74, 6) is 1.03. The van der Waals surface area contributed by atoms with Gasteiger partial charge in [-0.3, -0.25) is 4.68 Å². The monoisotopic (exact) mass is 165 g/mol. The lowest BCUT2D eigenvalue weighted by atomic mass is 9.93. The van der Waals surface area contributed by atoms with E-state index < -0.39 is 0 Å². The van der Waals surface area contributed by atoms with Crippen LogP contribution in [0.2, 0.25) is 0 Å². The maximum atomic E-state index is 4.36. The zero-order valence-corrected chi connectivity index (χ0v) is 7.45. The second-order valence-corrected chi connectivity index (χ2v) is 3.33. The van der Waals surface area contributed by atoms with Crippen molar-refractivity contribution in [3.05, 3.63) is 12.3 Å². The molecule has 0 aromatic carbocycles.